The summed E-state index contributed by atoms with van der Waals surface area (Å²) in [6.07, 6.45) is 0. The summed E-state index contributed by atoms with van der Waals surface area (Å²) in [4.78, 5) is 0. The molecule has 4 aromatic rings. The summed E-state index contributed by atoms with van der Waals surface area (Å²) in [5.74, 6) is 1.01. The van der Waals surface area contributed by atoms with Gasteiger partial charge >= 0.3 is 142 Å². The van der Waals surface area contributed by atoms with E-state index in [1.807, 2.05) is 6.07 Å². The fraction of sp³-hybridized carbons (Fsp3) is 0.0476. The molecule has 0 saturated heterocycles. The molecule has 23 heavy (non-hydrogen) atoms. The maximum absolute atomic E-state index is 6.30. The first-order valence-electron chi connectivity index (χ1n) is 7.63. The molecule has 0 amide bonds. The van der Waals surface area contributed by atoms with Crippen molar-refractivity contribution < 1.29 is 4.42 Å². The van der Waals surface area contributed by atoms with Crippen LogP contribution >= 0.6 is 0 Å². The average molecular weight is 363 g/mol. The molecule has 0 spiro atoms. The summed E-state index contributed by atoms with van der Waals surface area (Å²) in [6, 6.07) is 27.5. The third-order valence-corrected chi connectivity index (χ3v) is 6.21. The number of benzene rings is 3. The Hall–Kier alpha value is -2.28. The van der Waals surface area contributed by atoms with Crippen LogP contribution in [0.5, 0.6) is 0 Å². The van der Waals surface area contributed by atoms with Crippen LogP contribution in [0.1, 0.15) is 5.56 Å². The zero-order valence-electron chi connectivity index (χ0n) is 12.8. The normalized spacial score (nSPS) is 11.0. The van der Waals surface area contributed by atoms with E-state index in [-0.39, 0.29) is 15.0 Å². The van der Waals surface area contributed by atoms with Gasteiger partial charge in [-0.15, -0.1) is 0 Å². The van der Waals surface area contributed by atoms with Crippen molar-refractivity contribution in [3.63, 3.8) is 0 Å². The summed E-state index contributed by atoms with van der Waals surface area (Å²) >= 11 is 0.214. The van der Waals surface area contributed by atoms with Crippen LogP contribution in [0, 0.1) is 6.92 Å². The molecule has 0 radical (unpaired) electrons. The molecule has 2 heteroatoms. The third-order valence-electron chi connectivity index (χ3n) is 3.87. The van der Waals surface area contributed by atoms with E-state index in [1.165, 1.54) is 19.9 Å². The molecule has 0 unspecified atom stereocenters. The van der Waals surface area contributed by atoms with Gasteiger partial charge in [-0.1, -0.05) is 0 Å². The summed E-state index contributed by atoms with van der Waals surface area (Å²) in [6.45, 7) is 2.11. The minimum absolute atomic E-state index is 0.214. The summed E-state index contributed by atoms with van der Waals surface area (Å²) in [7, 11) is 0. The molecule has 0 aliphatic rings. The van der Waals surface area contributed by atoms with Crippen LogP contribution in [0.15, 0.2) is 83.3 Å². The second kappa shape index (κ2) is 6.08. The van der Waals surface area contributed by atoms with Crippen LogP contribution in [0.2, 0.25) is 0 Å². The molecule has 0 saturated carbocycles. The zero-order valence-corrected chi connectivity index (χ0v) is 14.5. The van der Waals surface area contributed by atoms with Crippen LogP contribution in [0.3, 0.4) is 0 Å². The van der Waals surface area contributed by atoms with Crippen molar-refractivity contribution in [3.8, 4) is 11.3 Å². The van der Waals surface area contributed by atoms with Crippen LogP contribution < -0.4 is 8.92 Å². The van der Waals surface area contributed by atoms with Gasteiger partial charge in [-0.25, -0.2) is 0 Å². The summed E-state index contributed by atoms with van der Waals surface area (Å²) in [5.41, 5.74) is 3.35. The molecule has 1 nitrogen and oxygen atoms in total. The van der Waals surface area contributed by atoms with E-state index in [0.717, 1.165) is 16.9 Å². The number of aryl methyl sites for hydroxylation is 1. The van der Waals surface area contributed by atoms with Gasteiger partial charge in [0.2, 0.25) is 0 Å². The number of para-hydroxylation sites is 1. The summed E-state index contributed by atoms with van der Waals surface area (Å²) in [5, 5.41) is 1.24. The van der Waals surface area contributed by atoms with Crippen molar-refractivity contribution in [1.29, 1.82) is 0 Å². The Morgan fingerprint density at radius 1 is 0.739 bits per heavy atom. The van der Waals surface area contributed by atoms with Gasteiger partial charge in [0, 0.05) is 0 Å². The molecule has 3 aromatic carbocycles. The molecular formula is C21H16OSe. The Labute approximate surface area is 142 Å². The predicted octanol–water partition coefficient (Wildman–Crippen LogP) is 4.06. The van der Waals surface area contributed by atoms with Gasteiger partial charge in [0.15, 0.2) is 0 Å². The molecule has 112 valence electrons. The van der Waals surface area contributed by atoms with Gasteiger partial charge in [0.25, 0.3) is 0 Å². The van der Waals surface area contributed by atoms with Gasteiger partial charge in [0.05, 0.1) is 0 Å². The molecule has 0 aliphatic carbocycles. The van der Waals surface area contributed by atoms with Crippen LogP contribution in [-0.2, 0) is 0 Å². The number of fused-ring (bicyclic) bond motifs is 1. The SMILES string of the molecule is Cc1cccc2c([Se]c3ccccc3)c(-c3ccccc3)oc12. The number of hydrogen-bond donors (Lipinski definition) is 0. The molecule has 0 atom stereocenters. The second-order valence-corrected chi connectivity index (χ2v) is 7.77. The van der Waals surface area contributed by atoms with Crippen LogP contribution in [0.4, 0.5) is 0 Å². The zero-order chi connectivity index (χ0) is 15.6. The van der Waals surface area contributed by atoms with Gasteiger partial charge in [-0.2, -0.15) is 0 Å². The fourth-order valence-electron chi connectivity index (χ4n) is 2.72. The van der Waals surface area contributed by atoms with E-state index in [2.05, 4.69) is 79.7 Å². The Kier molecular flexibility index (Phi) is 3.78. The van der Waals surface area contributed by atoms with Gasteiger partial charge < -0.3 is 0 Å². The standard InChI is InChI=1S/C21H16OSe/c1-15-9-8-14-18-19(15)22-20(16-10-4-2-5-11-16)21(18)23-17-12-6-3-7-13-17/h2-14H,1H3. The number of rotatable bonds is 3. The first-order valence-corrected chi connectivity index (χ1v) is 9.34. The molecule has 0 N–H and O–H groups in total. The quantitative estimate of drug-likeness (QED) is 0.500. The molecule has 1 aromatic heterocycles. The van der Waals surface area contributed by atoms with Crippen molar-refractivity contribution in [2.45, 2.75) is 6.92 Å². The van der Waals surface area contributed by atoms with Gasteiger partial charge in [-0.3, -0.25) is 0 Å². The average Bonchev–Trinajstić information content (AvgIpc) is 2.97. The van der Waals surface area contributed by atoms with Crippen molar-refractivity contribution in [3.05, 3.63) is 84.4 Å². The van der Waals surface area contributed by atoms with Gasteiger partial charge in [0.1, 0.15) is 0 Å². The Morgan fingerprint density at radius 3 is 2.17 bits per heavy atom. The topological polar surface area (TPSA) is 13.1 Å². The number of furan rings is 1. The predicted molar refractivity (Wildman–Crippen MR) is 97.9 cm³/mol. The third kappa shape index (κ3) is 2.72. The van der Waals surface area contributed by atoms with E-state index in [4.69, 9.17) is 4.42 Å². The molecule has 0 aliphatic heterocycles. The van der Waals surface area contributed by atoms with Crippen molar-refractivity contribution in [1.82, 2.24) is 0 Å². The monoisotopic (exact) mass is 364 g/mol. The second-order valence-electron chi connectivity index (χ2n) is 5.49. The van der Waals surface area contributed by atoms with E-state index < -0.39 is 0 Å². The maximum atomic E-state index is 6.30. The summed E-state index contributed by atoms with van der Waals surface area (Å²) < 4.78 is 8.99. The van der Waals surface area contributed by atoms with Crippen molar-refractivity contribution in [2.75, 3.05) is 0 Å². The first kappa shape index (κ1) is 14.3. The fourth-order valence-corrected chi connectivity index (χ4v) is 4.93. The Morgan fingerprint density at radius 2 is 1.43 bits per heavy atom. The van der Waals surface area contributed by atoms with Crippen molar-refractivity contribution >= 4 is 34.8 Å². The molecule has 0 bridgehead atoms. The van der Waals surface area contributed by atoms with E-state index in [0.29, 0.717) is 0 Å². The van der Waals surface area contributed by atoms with E-state index >= 15 is 0 Å². The molecule has 1 heterocycles. The minimum atomic E-state index is 0.214. The molecule has 4 rings (SSSR count). The van der Waals surface area contributed by atoms with Crippen LogP contribution in [-0.4, -0.2) is 15.0 Å². The van der Waals surface area contributed by atoms with E-state index in [9.17, 15) is 0 Å². The number of hydrogen-bond acceptors (Lipinski definition) is 1. The van der Waals surface area contributed by atoms with Crippen molar-refractivity contribution in [2.24, 2.45) is 0 Å². The Bertz CT molecular complexity index is 940. The van der Waals surface area contributed by atoms with Crippen LogP contribution in [0.25, 0.3) is 22.3 Å². The molecule has 0 fully saturated rings. The van der Waals surface area contributed by atoms with E-state index in [1.54, 1.807) is 0 Å². The van der Waals surface area contributed by atoms with Gasteiger partial charge in [-0.05, 0) is 0 Å². The first-order chi connectivity index (χ1) is 11.3. The molecular weight excluding hydrogens is 347 g/mol. The Balaban J connectivity index is 1.94.